The normalized spacial score (nSPS) is 17.3. The minimum Gasteiger partial charge on any atom is -0.212 e. The molecule has 6 heteroatoms. The summed E-state index contributed by atoms with van der Waals surface area (Å²) in [7, 11) is 0. The molecule has 8 aromatic rings. The van der Waals surface area contributed by atoms with Crippen molar-refractivity contribution in [3.05, 3.63) is 222 Å². The molecule has 1 spiro atoms. The van der Waals surface area contributed by atoms with Gasteiger partial charge in [0.05, 0.1) is 5.41 Å². The minimum absolute atomic E-state index is 0.0445. The Labute approximate surface area is 360 Å². The van der Waals surface area contributed by atoms with Crippen LogP contribution in [0.3, 0.4) is 0 Å². The molecule has 62 heavy (non-hydrogen) atoms. The maximum Gasteiger partial charge on any atom is 0.164 e. The molecule has 2 aromatic heterocycles. The third-order valence-corrected chi connectivity index (χ3v) is 12.9. The van der Waals surface area contributed by atoms with E-state index in [0.29, 0.717) is 29.1 Å². The second-order valence-corrected chi connectivity index (χ2v) is 16.5. The Morgan fingerprint density at radius 1 is 0.435 bits per heavy atom. The van der Waals surface area contributed by atoms with Crippen LogP contribution in [0.5, 0.6) is 0 Å². The summed E-state index contributed by atoms with van der Waals surface area (Å²) in [6, 6.07) is 51.7. The molecule has 0 fully saturated rings. The fraction of sp³-hybridized carbons (Fsp3) is 0.107. The monoisotopic (exact) mass is 796 g/mol. The largest absolute Gasteiger partial charge is 0.212 e. The van der Waals surface area contributed by atoms with Crippen molar-refractivity contribution in [1.29, 1.82) is 0 Å². The number of allylic oxidation sites excluding steroid dienone is 8. The highest BCUT2D eigenvalue weighted by atomic mass is 15.0. The van der Waals surface area contributed by atoms with Gasteiger partial charge in [-0.05, 0) is 75.4 Å². The van der Waals surface area contributed by atoms with Crippen molar-refractivity contribution in [3.63, 3.8) is 0 Å². The summed E-state index contributed by atoms with van der Waals surface area (Å²) in [5.74, 6) is 4.36. The highest BCUT2D eigenvalue weighted by Crippen LogP contribution is 2.63. The second kappa shape index (κ2) is 14.5. The molecule has 0 saturated carbocycles. The van der Waals surface area contributed by atoms with Crippen molar-refractivity contribution in [3.8, 4) is 67.8 Å². The van der Waals surface area contributed by atoms with Crippen LogP contribution in [0.2, 0.25) is 0 Å². The molecule has 0 N–H and O–H groups in total. The van der Waals surface area contributed by atoms with Crippen molar-refractivity contribution in [2.75, 3.05) is 0 Å². The Morgan fingerprint density at radius 2 is 0.919 bits per heavy atom. The predicted octanol–water partition coefficient (Wildman–Crippen LogP) is 12.6. The van der Waals surface area contributed by atoms with Gasteiger partial charge in [0, 0.05) is 33.7 Å². The van der Waals surface area contributed by atoms with Crippen LogP contribution in [0.15, 0.2) is 188 Å². The first kappa shape index (κ1) is 36.2. The van der Waals surface area contributed by atoms with Gasteiger partial charge in [0.25, 0.3) is 0 Å². The van der Waals surface area contributed by atoms with Crippen LogP contribution in [0.25, 0.3) is 73.4 Å². The van der Waals surface area contributed by atoms with Crippen LogP contribution in [0.4, 0.5) is 0 Å². The van der Waals surface area contributed by atoms with Gasteiger partial charge in [-0.15, -0.1) is 0 Å². The standard InChI is InChI=1S/C56H40N6/c1-35-17-11-12-24-41(35)55-61-52(38-22-9-4-10-23-38)60-54(62-55)40-30-32-49-45(34-40)44-33-39(29-31-48(44)56(49)46-27-15-13-25-42(46)43-26-14-16-28-47(43)56)53-58-50(36-18-5-2-6-19-36)57-51(59-53)37-20-7-3-8-21-37/h2-3,5-9,11-35,41H,4,10H2,1H3. The number of aromatic nitrogens is 6. The van der Waals surface area contributed by atoms with E-state index in [1.165, 1.54) is 33.4 Å². The van der Waals surface area contributed by atoms with Gasteiger partial charge >= 0.3 is 0 Å². The van der Waals surface area contributed by atoms with Gasteiger partial charge in [0.2, 0.25) is 0 Å². The first-order chi connectivity index (χ1) is 30.6. The SMILES string of the molecule is CC1C=CC=CC1c1nc(C2=CCCC=C2)nc(-c2ccc3c(c2)-c2cc(-c4nc(-c5ccccc5)nc(-c5ccccc5)n4)ccc2C32c3ccccc3-c3ccccc32)n1. The Kier molecular flexibility index (Phi) is 8.46. The lowest BCUT2D eigenvalue weighted by molar-refractivity contribution is 0.598. The molecule has 6 nitrogen and oxygen atoms in total. The Hall–Kier alpha value is -7.70. The van der Waals surface area contributed by atoms with Crippen molar-refractivity contribution < 1.29 is 0 Å². The molecular formula is C56H40N6. The lowest BCUT2D eigenvalue weighted by Gasteiger charge is -2.30. The molecule has 2 unspecified atom stereocenters. The van der Waals surface area contributed by atoms with E-state index >= 15 is 0 Å². The van der Waals surface area contributed by atoms with E-state index in [4.69, 9.17) is 29.9 Å². The fourth-order valence-corrected chi connectivity index (χ4v) is 9.98. The van der Waals surface area contributed by atoms with E-state index in [9.17, 15) is 0 Å². The van der Waals surface area contributed by atoms with Gasteiger partial charge in [0.1, 0.15) is 5.82 Å². The van der Waals surface area contributed by atoms with Crippen molar-refractivity contribution in [2.45, 2.75) is 31.1 Å². The molecule has 2 atom stereocenters. The number of hydrogen-bond donors (Lipinski definition) is 0. The molecule has 4 aliphatic rings. The summed E-state index contributed by atoms with van der Waals surface area (Å²) >= 11 is 0. The molecule has 4 aliphatic carbocycles. The fourth-order valence-electron chi connectivity index (χ4n) is 9.98. The van der Waals surface area contributed by atoms with Crippen molar-refractivity contribution in [2.24, 2.45) is 5.92 Å². The van der Waals surface area contributed by atoms with Gasteiger partial charge in [-0.2, -0.15) is 0 Å². The number of fused-ring (bicyclic) bond motifs is 10. The highest BCUT2D eigenvalue weighted by molar-refractivity contribution is 5.97. The lowest BCUT2D eigenvalue weighted by Crippen LogP contribution is -2.25. The van der Waals surface area contributed by atoms with E-state index in [0.717, 1.165) is 57.6 Å². The summed E-state index contributed by atoms with van der Waals surface area (Å²) < 4.78 is 0. The summed E-state index contributed by atoms with van der Waals surface area (Å²) in [4.78, 5) is 30.9. The summed E-state index contributed by atoms with van der Waals surface area (Å²) in [6.07, 6.45) is 17.3. The Morgan fingerprint density at radius 3 is 1.48 bits per heavy atom. The topological polar surface area (TPSA) is 77.3 Å². The van der Waals surface area contributed by atoms with Gasteiger partial charge < -0.3 is 0 Å². The van der Waals surface area contributed by atoms with Crippen LogP contribution >= 0.6 is 0 Å². The van der Waals surface area contributed by atoms with Crippen LogP contribution in [0.1, 0.15) is 59.6 Å². The smallest absolute Gasteiger partial charge is 0.164 e. The molecular weight excluding hydrogens is 757 g/mol. The summed E-state index contributed by atoms with van der Waals surface area (Å²) in [6.45, 7) is 2.23. The van der Waals surface area contributed by atoms with Crippen LogP contribution in [0, 0.1) is 5.92 Å². The van der Waals surface area contributed by atoms with E-state index in [2.05, 4.69) is 134 Å². The average molecular weight is 797 g/mol. The molecule has 0 radical (unpaired) electrons. The van der Waals surface area contributed by atoms with E-state index in [1.807, 2.05) is 60.7 Å². The van der Waals surface area contributed by atoms with E-state index < -0.39 is 5.41 Å². The van der Waals surface area contributed by atoms with E-state index in [1.54, 1.807) is 0 Å². The number of benzene rings is 6. The molecule has 6 aromatic carbocycles. The quantitative estimate of drug-likeness (QED) is 0.167. The zero-order valence-corrected chi connectivity index (χ0v) is 34.2. The maximum atomic E-state index is 5.27. The lowest BCUT2D eigenvalue weighted by atomic mass is 9.70. The second-order valence-electron chi connectivity index (χ2n) is 16.5. The van der Waals surface area contributed by atoms with Gasteiger partial charge in [-0.3, -0.25) is 0 Å². The number of rotatable bonds is 6. The Balaban J connectivity index is 1.09. The molecule has 294 valence electrons. The van der Waals surface area contributed by atoms with Crippen molar-refractivity contribution >= 4 is 5.57 Å². The van der Waals surface area contributed by atoms with Crippen molar-refractivity contribution in [1.82, 2.24) is 29.9 Å². The first-order valence-electron chi connectivity index (χ1n) is 21.5. The Bertz CT molecular complexity index is 3110. The maximum absolute atomic E-state index is 5.27. The molecule has 12 rings (SSSR count). The zero-order valence-electron chi connectivity index (χ0n) is 34.2. The third-order valence-electron chi connectivity index (χ3n) is 12.9. The van der Waals surface area contributed by atoms with Crippen LogP contribution in [-0.4, -0.2) is 29.9 Å². The predicted molar refractivity (Wildman–Crippen MR) is 248 cm³/mol. The zero-order chi connectivity index (χ0) is 41.2. The summed E-state index contributed by atoms with van der Waals surface area (Å²) in [5.41, 5.74) is 14.1. The van der Waals surface area contributed by atoms with Crippen LogP contribution < -0.4 is 0 Å². The van der Waals surface area contributed by atoms with Gasteiger partial charge in [-0.25, -0.2) is 29.9 Å². The van der Waals surface area contributed by atoms with E-state index in [-0.39, 0.29) is 11.8 Å². The van der Waals surface area contributed by atoms with Gasteiger partial charge in [0.15, 0.2) is 29.1 Å². The van der Waals surface area contributed by atoms with Gasteiger partial charge in [-0.1, -0.05) is 183 Å². The number of hydrogen-bond acceptors (Lipinski definition) is 6. The minimum atomic E-state index is -0.528. The molecule has 0 aliphatic heterocycles. The van der Waals surface area contributed by atoms with Crippen LogP contribution in [-0.2, 0) is 5.41 Å². The highest BCUT2D eigenvalue weighted by Gasteiger charge is 2.51. The third kappa shape index (κ3) is 5.71. The molecule has 0 bridgehead atoms. The molecule has 0 saturated heterocycles. The first-order valence-corrected chi connectivity index (χ1v) is 21.5. The number of nitrogens with zero attached hydrogens (tertiary/aromatic N) is 6. The average Bonchev–Trinajstić information content (AvgIpc) is 3.81. The molecule has 2 heterocycles. The molecule has 0 amide bonds. The summed E-state index contributed by atoms with van der Waals surface area (Å²) in [5, 5.41) is 0.